The lowest BCUT2D eigenvalue weighted by Gasteiger charge is -2.37. The Balaban J connectivity index is 2.08. The summed E-state index contributed by atoms with van der Waals surface area (Å²) in [6.07, 6.45) is 2.07. The third kappa shape index (κ3) is 4.16. The van der Waals surface area contributed by atoms with Crippen LogP contribution < -0.4 is 4.90 Å². The molecule has 2 nitrogen and oxygen atoms in total. The molecule has 1 atom stereocenters. The number of benzene rings is 1. The van der Waals surface area contributed by atoms with Crippen LogP contribution in [0.1, 0.15) is 33.6 Å². The number of anilines is 1. The standard InChI is InChI=1S/C15H21F2NO/c1-15(2,3)19-14-5-4-6-18(10-14)13-8-11(16)7-12(17)9-13/h7-9,14H,4-6,10H2,1-3H3. The third-order valence-corrected chi connectivity index (χ3v) is 3.11. The second kappa shape index (κ2) is 5.45. The fourth-order valence-electron chi connectivity index (χ4n) is 2.49. The molecule has 19 heavy (non-hydrogen) atoms. The predicted molar refractivity (Wildman–Crippen MR) is 72.4 cm³/mol. The summed E-state index contributed by atoms with van der Waals surface area (Å²) < 4.78 is 32.5. The quantitative estimate of drug-likeness (QED) is 0.810. The normalized spacial score (nSPS) is 20.7. The number of rotatable bonds is 2. The Bertz CT molecular complexity index is 422. The Morgan fingerprint density at radius 2 is 1.79 bits per heavy atom. The second-order valence-electron chi connectivity index (χ2n) is 6.07. The van der Waals surface area contributed by atoms with Crippen LogP contribution in [-0.4, -0.2) is 24.8 Å². The summed E-state index contributed by atoms with van der Waals surface area (Å²) in [5, 5.41) is 0. The molecule has 0 saturated carbocycles. The largest absolute Gasteiger partial charge is 0.371 e. The lowest BCUT2D eigenvalue weighted by molar-refractivity contribution is -0.0635. The molecule has 106 valence electrons. The molecule has 1 aromatic carbocycles. The van der Waals surface area contributed by atoms with Crippen LogP contribution in [0.5, 0.6) is 0 Å². The lowest BCUT2D eigenvalue weighted by Crippen LogP contribution is -2.42. The molecule has 1 aromatic rings. The molecule has 0 bridgehead atoms. The van der Waals surface area contributed by atoms with Gasteiger partial charge in [-0.1, -0.05) is 0 Å². The predicted octanol–water partition coefficient (Wildman–Crippen LogP) is 3.75. The highest BCUT2D eigenvalue weighted by Gasteiger charge is 2.25. The number of ether oxygens (including phenoxy) is 1. The molecule has 1 unspecified atom stereocenters. The Hall–Kier alpha value is -1.16. The van der Waals surface area contributed by atoms with E-state index < -0.39 is 11.6 Å². The molecule has 1 fully saturated rings. The van der Waals surface area contributed by atoms with E-state index in [2.05, 4.69) is 0 Å². The van der Waals surface area contributed by atoms with E-state index in [1.165, 1.54) is 12.1 Å². The van der Waals surface area contributed by atoms with E-state index in [1.807, 2.05) is 25.7 Å². The molecule has 1 aliphatic rings. The SMILES string of the molecule is CC(C)(C)OC1CCCN(c2cc(F)cc(F)c2)C1. The van der Waals surface area contributed by atoms with Crippen molar-refractivity contribution in [1.82, 2.24) is 0 Å². The van der Waals surface area contributed by atoms with Gasteiger partial charge in [0, 0.05) is 24.8 Å². The first-order valence-electron chi connectivity index (χ1n) is 6.72. The van der Waals surface area contributed by atoms with Crippen molar-refractivity contribution in [2.24, 2.45) is 0 Å². The number of piperidine rings is 1. The van der Waals surface area contributed by atoms with Crippen molar-refractivity contribution in [3.8, 4) is 0 Å². The molecule has 0 aliphatic carbocycles. The third-order valence-electron chi connectivity index (χ3n) is 3.11. The van der Waals surface area contributed by atoms with Crippen molar-refractivity contribution in [3.63, 3.8) is 0 Å². The van der Waals surface area contributed by atoms with E-state index in [-0.39, 0.29) is 11.7 Å². The van der Waals surface area contributed by atoms with Crippen LogP contribution in [0, 0.1) is 11.6 Å². The summed E-state index contributed by atoms with van der Waals surface area (Å²) in [5.41, 5.74) is 0.403. The van der Waals surface area contributed by atoms with Gasteiger partial charge in [-0.2, -0.15) is 0 Å². The summed E-state index contributed by atoms with van der Waals surface area (Å²) >= 11 is 0. The highest BCUT2D eigenvalue weighted by atomic mass is 19.1. The zero-order valence-corrected chi connectivity index (χ0v) is 11.7. The van der Waals surface area contributed by atoms with Crippen LogP contribution in [-0.2, 0) is 4.74 Å². The van der Waals surface area contributed by atoms with Gasteiger partial charge in [0.05, 0.1) is 11.7 Å². The second-order valence-corrected chi connectivity index (χ2v) is 6.07. The lowest BCUT2D eigenvalue weighted by atomic mass is 10.1. The number of nitrogens with zero attached hydrogens (tertiary/aromatic N) is 1. The first-order valence-corrected chi connectivity index (χ1v) is 6.72. The molecule has 2 rings (SSSR count). The zero-order valence-electron chi connectivity index (χ0n) is 11.7. The van der Waals surface area contributed by atoms with Gasteiger partial charge in [0.15, 0.2) is 0 Å². The Labute approximate surface area is 113 Å². The number of hydrogen-bond donors (Lipinski definition) is 0. The first kappa shape index (κ1) is 14.3. The van der Waals surface area contributed by atoms with Crippen molar-refractivity contribution in [2.75, 3.05) is 18.0 Å². The molecule has 0 spiro atoms. The van der Waals surface area contributed by atoms with E-state index in [1.54, 1.807) is 0 Å². The van der Waals surface area contributed by atoms with Gasteiger partial charge in [-0.3, -0.25) is 0 Å². The van der Waals surface area contributed by atoms with E-state index in [0.29, 0.717) is 12.2 Å². The van der Waals surface area contributed by atoms with Gasteiger partial charge in [0.2, 0.25) is 0 Å². The summed E-state index contributed by atoms with van der Waals surface area (Å²) in [5.74, 6) is -1.07. The van der Waals surface area contributed by atoms with E-state index in [4.69, 9.17) is 4.74 Å². The molecule has 1 saturated heterocycles. The van der Waals surface area contributed by atoms with Crippen LogP contribution in [0.2, 0.25) is 0 Å². The molecule has 1 aliphatic heterocycles. The smallest absolute Gasteiger partial charge is 0.128 e. The summed E-state index contributed by atoms with van der Waals surface area (Å²) in [4.78, 5) is 1.99. The highest BCUT2D eigenvalue weighted by Crippen LogP contribution is 2.25. The molecule has 4 heteroatoms. The maximum absolute atomic E-state index is 13.3. The molecular weight excluding hydrogens is 248 g/mol. The topological polar surface area (TPSA) is 12.5 Å². The van der Waals surface area contributed by atoms with Crippen LogP contribution >= 0.6 is 0 Å². The molecule has 0 radical (unpaired) electrons. The molecular formula is C15H21F2NO. The Kier molecular flexibility index (Phi) is 4.09. The maximum Gasteiger partial charge on any atom is 0.128 e. The minimum Gasteiger partial charge on any atom is -0.371 e. The zero-order chi connectivity index (χ0) is 14.0. The van der Waals surface area contributed by atoms with Crippen LogP contribution in [0.15, 0.2) is 18.2 Å². The van der Waals surface area contributed by atoms with E-state index in [0.717, 1.165) is 25.5 Å². The maximum atomic E-state index is 13.3. The van der Waals surface area contributed by atoms with Gasteiger partial charge in [-0.05, 0) is 45.7 Å². The van der Waals surface area contributed by atoms with Crippen molar-refractivity contribution >= 4 is 5.69 Å². The molecule has 0 amide bonds. The van der Waals surface area contributed by atoms with Crippen molar-refractivity contribution in [2.45, 2.75) is 45.3 Å². The van der Waals surface area contributed by atoms with Crippen LogP contribution in [0.4, 0.5) is 14.5 Å². The van der Waals surface area contributed by atoms with Crippen LogP contribution in [0.3, 0.4) is 0 Å². The fraction of sp³-hybridized carbons (Fsp3) is 0.600. The summed E-state index contributed by atoms with van der Waals surface area (Å²) in [6.45, 7) is 7.56. The summed E-state index contributed by atoms with van der Waals surface area (Å²) in [7, 11) is 0. The average Bonchev–Trinajstić information content (AvgIpc) is 2.25. The molecule has 0 aromatic heterocycles. The highest BCUT2D eigenvalue weighted by molar-refractivity contribution is 5.47. The van der Waals surface area contributed by atoms with Crippen molar-refractivity contribution < 1.29 is 13.5 Å². The number of halogens is 2. The van der Waals surface area contributed by atoms with Crippen LogP contribution in [0.25, 0.3) is 0 Å². The average molecular weight is 269 g/mol. The van der Waals surface area contributed by atoms with E-state index in [9.17, 15) is 8.78 Å². The summed E-state index contributed by atoms with van der Waals surface area (Å²) in [6, 6.07) is 3.65. The van der Waals surface area contributed by atoms with Crippen molar-refractivity contribution in [3.05, 3.63) is 29.8 Å². The monoisotopic (exact) mass is 269 g/mol. The molecule has 1 heterocycles. The van der Waals surface area contributed by atoms with Gasteiger partial charge in [0.25, 0.3) is 0 Å². The van der Waals surface area contributed by atoms with Gasteiger partial charge >= 0.3 is 0 Å². The van der Waals surface area contributed by atoms with Gasteiger partial charge < -0.3 is 9.64 Å². The Morgan fingerprint density at radius 1 is 1.16 bits per heavy atom. The Morgan fingerprint density at radius 3 is 2.37 bits per heavy atom. The van der Waals surface area contributed by atoms with Gasteiger partial charge in [-0.25, -0.2) is 8.78 Å². The number of hydrogen-bond acceptors (Lipinski definition) is 2. The fourth-order valence-corrected chi connectivity index (χ4v) is 2.49. The van der Waals surface area contributed by atoms with Crippen molar-refractivity contribution in [1.29, 1.82) is 0 Å². The van der Waals surface area contributed by atoms with Gasteiger partial charge in [0.1, 0.15) is 11.6 Å². The van der Waals surface area contributed by atoms with Gasteiger partial charge in [-0.15, -0.1) is 0 Å². The molecule has 0 N–H and O–H groups in total. The minimum atomic E-state index is -0.533. The van der Waals surface area contributed by atoms with E-state index >= 15 is 0 Å². The first-order chi connectivity index (χ1) is 8.83. The minimum absolute atomic E-state index is 0.111.